The molecule has 0 unspecified atom stereocenters. The van der Waals surface area contributed by atoms with E-state index in [0.29, 0.717) is 19.0 Å². The molecule has 0 aliphatic heterocycles. The highest BCUT2D eigenvalue weighted by molar-refractivity contribution is 5.91. The van der Waals surface area contributed by atoms with E-state index in [-0.39, 0.29) is 11.6 Å². The molecule has 7 heteroatoms. The predicted octanol–water partition coefficient (Wildman–Crippen LogP) is 0.309. The molecule has 1 aliphatic carbocycles. The molecule has 19 heavy (non-hydrogen) atoms. The molecular weight excluding hydrogens is 246 g/mol. The van der Waals surface area contributed by atoms with E-state index in [9.17, 15) is 4.79 Å². The van der Waals surface area contributed by atoms with Gasteiger partial charge >= 0.3 is 0 Å². The molecule has 0 aromatic carbocycles. The van der Waals surface area contributed by atoms with E-state index in [1.807, 2.05) is 0 Å². The van der Waals surface area contributed by atoms with Gasteiger partial charge in [0.15, 0.2) is 5.82 Å². The van der Waals surface area contributed by atoms with Crippen LogP contribution < -0.4 is 16.6 Å². The van der Waals surface area contributed by atoms with Crippen LogP contribution in [0.25, 0.3) is 0 Å². The molecule has 1 aromatic heterocycles. The number of hydrogen-bond donors (Lipinski definition) is 3. The van der Waals surface area contributed by atoms with Crippen molar-refractivity contribution in [3.05, 3.63) is 18.1 Å². The topological polar surface area (TPSA) is 102 Å². The van der Waals surface area contributed by atoms with Crippen LogP contribution in [0.1, 0.15) is 29.8 Å². The third-order valence-electron chi connectivity index (χ3n) is 2.83. The number of amides is 1. The number of carbonyl (C=O) groups is 1. The molecule has 1 saturated carbocycles. The van der Waals surface area contributed by atoms with E-state index >= 15 is 0 Å². The lowest BCUT2D eigenvalue weighted by atomic mass is 10.4. The molecule has 0 bridgehead atoms. The van der Waals surface area contributed by atoms with Crippen molar-refractivity contribution < 1.29 is 9.53 Å². The van der Waals surface area contributed by atoms with Crippen LogP contribution in [0, 0.1) is 5.92 Å². The quantitative estimate of drug-likeness (QED) is 0.355. The van der Waals surface area contributed by atoms with E-state index in [1.54, 1.807) is 0 Å². The zero-order chi connectivity index (χ0) is 13.5. The lowest BCUT2D eigenvalue weighted by molar-refractivity contribution is 0.0932. The second-order valence-corrected chi connectivity index (χ2v) is 4.56. The molecule has 4 N–H and O–H groups in total. The van der Waals surface area contributed by atoms with Gasteiger partial charge in [-0.05, 0) is 25.2 Å². The number of rotatable bonds is 8. The minimum absolute atomic E-state index is 0.238. The van der Waals surface area contributed by atoms with Crippen LogP contribution in [0.3, 0.4) is 0 Å². The Morgan fingerprint density at radius 3 is 2.89 bits per heavy atom. The summed E-state index contributed by atoms with van der Waals surface area (Å²) >= 11 is 0. The molecule has 0 atom stereocenters. The summed E-state index contributed by atoms with van der Waals surface area (Å²) in [5.41, 5.74) is 2.63. The summed E-state index contributed by atoms with van der Waals surface area (Å²) < 4.78 is 5.47. The van der Waals surface area contributed by atoms with E-state index in [4.69, 9.17) is 10.6 Å². The summed E-state index contributed by atoms with van der Waals surface area (Å²) in [6.07, 6.45) is 6.18. The van der Waals surface area contributed by atoms with Crippen molar-refractivity contribution in [2.24, 2.45) is 11.8 Å². The first kappa shape index (κ1) is 13.7. The molecule has 7 nitrogen and oxygen atoms in total. The summed E-state index contributed by atoms with van der Waals surface area (Å²) in [6.45, 7) is 2.10. The summed E-state index contributed by atoms with van der Waals surface area (Å²) in [4.78, 5) is 19.6. The van der Waals surface area contributed by atoms with Gasteiger partial charge in [0.05, 0.1) is 12.4 Å². The number of ether oxygens (including phenoxy) is 1. The molecule has 104 valence electrons. The zero-order valence-corrected chi connectivity index (χ0v) is 10.8. The van der Waals surface area contributed by atoms with Gasteiger partial charge in [0.25, 0.3) is 5.91 Å². The average molecular weight is 265 g/mol. The third kappa shape index (κ3) is 4.80. The van der Waals surface area contributed by atoms with Crippen molar-refractivity contribution in [1.29, 1.82) is 0 Å². The fourth-order valence-corrected chi connectivity index (χ4v) is 1.52. The first-order valence-corrected chi connectivity index (χ1v) is 6.44. The Hall–Kier alpha value is -1.73. The number of anilines is 1. The van der Waals surface area contributed by atoms with Crippen LogP contribution in [0.5, 0.6) is 0 Å². The van der Waals surface area contributed by atoms with Crippen LogP contribution in [0.15, 0.2) is 12.4 Å². The molecular formula is C12H19N5O2. The largest absolute Gasteiger partial charge is 0.381 e. The van der Waals surface area contributed by atoms with Crippen molar-refractivity contribution in [2.75, 3.05) is 25.2 Å². The van der Waals surface area contributed by atoms with Crippen molar-refractivity contribution in [1.82, 2.24) is 15.3 Å². The maximum atomic E-state index is 11.7. The maximum absolute atomic E-state index is 11.7. The van der Waals surface area contributed by atoms with Crippen molar-refractivity contribution in [3.63, 3.8) is 0 Å². The summed E-state index contributed by atoms with van der Waals surface area (Å²) in [5.74, 6) is 6.12. The minimum atomic E-state index is -0.238. The Labute approximate surface area is 111 Å². The Morgan fingerprint density at radius 2 is 2.26 bits per heavy atom. The van der Waals surface area contributed by atoms with Crippen molar-refractivity contribution in [2.45, 2.75) is 19.3 Å². The van der Waals surface area contributed by atoms with E-state index in [0.717, 1.165) is 18.9 Å². The molecule has 2 rings (SSSR count). The number of nitrogen functional groups attached to an aromatic ring is 1. The minimum Gasteiger partial charge on any atom is -0.381 e. The second-order valence-electron chi connectivity index (χ2n) is 4.56. The van der Waals surface area contributed by atoms with Gasteiger partial charge in [-0.1, -0.05) is 0 Å². The summed E-state index contributed by atoms with van der Waals surface area (Å²) in [6, 6.07) is 0. The smallest absolute Gasteiger partial charge is 0.271 e. The number of aromatic nitrogens is 2. The van der Waals surface area contributed by atoms with Gasteiger partial charge in [-0.3, -0.25) is 4.79 Å². The Balaban J connectivity index is 1.59. The van der Waals surface area contributed by atoms with Crippen LogP contribution in [-0.4, -0.2) is 35.6 Å². The molecule has 1 amide bonds. The Kier molecular flexibility index (Phi) is 5.05. The van der Waals surface area contributed by atoms with E-state index < -0.39 is 0 Å². The van der Waals surface area contributed by atoms with Gasteiger partial charge in [0.2, 0.25) is 0 Å². The highest BCUT2D eigenvalue weighted by Gasteiger charge is 2.20. The molecule has 1 fully saturated rings. The van der Waals surface area contributed by atoms with Crippen molar-refractivity contribution >= 4 is 11.7 Å². The molecule has 1 aromatic rings. The van der Waals surface area contributed by atoms with Gasteiger partial charge in [-0.25, -0.2) is 15.8 Å². The van der Waals surface area contributed by atoms with Gasteiger partial charge in [0, 0.05) is 19.8 Å². The van der Waals surface area contributed by atoms with Gasteiger partial charge < -0.3 is 15.5 Å². The lowest BCUT2D eigenvalue weighted by Gasteiger charge is -2.05. The number of hydrogen-bond acceptors (Lipinski definition) is 6. The van der Waals surface area contributed by atoms with Gasteiger partial charge in [0.1, 0.15) is 5.69 Å². The molecule has 0 saturated heterocycles. The highest BCUT2D eigenvalue weighted by atomic mass is 16.5. The average Bonchev–Trinajstić information content (AvgIpc) is 3.26. The molecule has 1 heterocycles. The fraction of sp³-hybridized carbons (Fsp3) is 0.583. The normalized spacial score (nSPS) is 14.2. The predicted molar refractivity (Wildman–Crippen MR) is 70.3 cm³/mol. The summed E-state index contributed by atoms with van der Waals surface area (Å²) in [5, 5.41) is 2.77. The van der Waals surface area contributed by atoms with E-state index in [2.05, 4.69) is 20.7 Å². The highest BCUT2D eigenvalue weighted by Crippen LogP contribution is 2.28. The molecule has 0 radical (unpaired) electrons. The number of nitrogens with zero attached hydrogens (tertiary/aromatic N) is 2. The maximum Gasteiger partial charge on any atom is 0.271 e. The third-order valence-corrected chi connectivity index (χ3v) is 2.83. The lowest BCUT2D eigenvalue weighted by Crippen LogP contribution is -2.26. The first-order chi connectivity index (χ1) is 9.29. The number of carbonyl (C=O) groups excluding carboxylic acids is 1. The van der Waals surface area contributed by atoms with Crippen LogP contribution >= 0.6 is 0 Å². The van der Waals surface area contributed by atoms with Gasteiger partial charge in [-0.2, -0.15) is 0 Å². The molecule has 0 spiro atoms. The Bertz CT molecular complexity index is 405. The number of nitrogens with two attached hydrogens (primary N) is 1. The van der Waals surface area contributed by atoms with Crippen LogP contribution in [0.2, 0.25) is 0 Å². The number of nitrogens with one attached hydrogen (secondary N) is 2. The Morgan fingerprint density at radius 1 is 1.42 bits per heavy atom. The summed E-state index contributed by atoms with van der Waals surface area (Å²) in [7, 11) is 0. The van der Waals surface area contributed by atoms with E-state index in [1.165, 1.54) is 25.2 Å². The van der Waals surface area contributed by atoms with Gasteiger partial charge in [-0.15, -0.1) is 0 Å². The zero-order valence-electron chi connectivity index (χ0n) is 10.8. The monoisotopic (exact) mass is 265 g/mol. The van der Waals surface area contributed by atoms with Crippen LogP contribution in [0.4, 0.5) is 5.82 Å². The van der Waals surface area contributed by atoms with Crippen molar-refractivity contribution in [3.8, 4) is 0 Å². The SMILES string of the molecule is NNc1cnc(C(=O)NCCCOCC2CC2)cn1. The fourth-order valence-electron chi connectivity index (χ4n) is 1.52. The van der Waals surface area contributed by atoms with Crippen LogP contribution in [-0.2, 0) is 4.74 Å². The molecule has 1 aliphatic rings. The number of hydrazine groups is 1. The second kappa shape index (κ2) is 7.01. The first-order valence-electron chi connectivity index (χ1n) is 6.44. The standard InChI is InChI=1S/C12H19N5O2/c13-17-11-7-15-10(6-16-11)12(18)14-4-1-5-19-8-9-2-3-9/h6-7,9H,1-5,8,13H2,(H,14,18)(H,16,17).